The molecule has 0 aromatic carbocycles. The number of carbonyl (C=O) groups is 3. The van der Waals surface area contributed by atoms with Gasteiger partial charge in [-0.2, -0.15) is 0 Å². The predicted octanol–water partition coefficient (Wildman–Crippen LogP) is 4.62. The zero-order valence-corrected chi connectivity index (χ0v) is 14.5. The van der Waals surface area contributed by atoms with E-state index in [0.717, 1.165) is 12.8 Å². The Hall–Kier alpha value is -1.39. The molecule has 0 rings (SSSR count). The number of esters is 2. The van der Waals surface area contributed by atoms with Gasteiger partial charge in [0.1, 0.15) is 0 Å². The lowest BCUT2D eigenvalue weighted by Gasteiger charge is -2.03. The largest absolute Gasteiger partial charge is 0.473 e. The third-order valence-corrected chi connectivity index (χ3v) is 3.87. The van der Waals surface area contributed by atoms with Crippen LogP contribution in [-0.4, -0.2) is 23.0 Å². The van der Waals surface area contributed by atoms with Crippen LogP contribution in [0.25, 0.3) is 0 Å². The van der Waals surface area contributed by atoms with Crippen LogP contribution in [0.3, 0.4) is 0 Å². The molecule has 0 saturated carbocycles. The molecular formula is C18H32O5. The Kier molecular flexibility index (Phi) is 14.6. The first-order valence-corrected chi connectivity index (χ1v) is 9.05. The Morgan fingerprint density at radius 1 is 0.696 bits per heavy atom. The summed E-state index contributed by atoms with van der Waals surface area (Å²) in [7, 11) is 0. The summed E-state index contributed by atoms with van der Waals surface area (Å²) in [5, 5.41) is 8.29. The molecule has 0 bridgehead atoms. The minimum atomic E-state index is -1.73. The van der Waals surface area contributed by atoms with Gasteiger partial charge in [0, 0.05) is 6.42 Å². The van der Waals surface area contributed by atoms with E-state index < -0.39 is 17.9 Å². The van der Waals surface area contributed by atoms with Crippen LogP contribution in [0.2, 0.25) is 0 Å². The second-order valence-corrected chi connectivity index (χ2v) is 6.06. The molecule has 0 heterocycles. The number of rotatable bonds is 14. The molecule has 0 unspecified atom stereocenters. The molecule has 5 nitrogen and oxygen atoms in total. The van der Waals surface area contributed by atoms with Gasteiger partial charge in [0.15, 0.2) is 0 Å². The standard InChI is InChI=1S/C18H32O5/c1-2-3-4-5-6-7-8-9-10-11-12-13-14-15-16(19)23-18(22)17(20)21/h2-15H2,1H3,(H,20,21). The summed E-state index contributed by atoms with van der Waals surface area (Å²) in [6.07, 6.45) is 15.8. The molecule has 0 amide bonds. The normalized spacial score (nSPS) is 10.5. The van der Waals surface area contributed by atoms with Gasteiger partial charge < -0.3 is 9.84 Å². The molecule has 134 valence electrons. The fourth-order valence-corrected chi connectivity index (χ4v) is 2.49. The Balaban J connectivity index is 3.23. The van der Waals surface area contributed by atoms with E-state index in [1.807, 2.05) is 0 Å². The Morgan fingerprint density at radius 3 is 1.48 bits per heavy atom. The van der Waals surface area contributed by atoms with Crippen molar-refractivity contribution >= 4 is 17.9 Å². The van der Waals surface area contributed by atoms with Gasteiger partial charge in [0.2, 0.25) is 0 Å². The van der Waals surface area contributed by atoms with Crippen molar-refractivity contribution in [1.29, 1.82) is 0 Å². The van der Waals surface area contributed by atoms with E-state index in [1.165, 1.54) is 64.2 Å². The van der Waals surface area contributed by atoms with Crippen LogP contribution in [-0.2, 0) is 19.1 Å². The van der Waals surface area contributed by atoms with Crippen LogP contribution in [0.1, 0.15) is 96.8 Å². The van der Waals surface area contributed by atoms with Gasteiger partial charge >= 0.3 is 17.9 Å². The van der Waals surface area contributed by atoms with Crippen molar-refractivity contribution in [3.8, 4) is 0 Å². The Bertz CT molecular complexity index is 338. The first-order valence-electron chi connectivity index (χ1n) is 9.05. The minimum Gasteiger partial charge on any atom is -0.473 e. The fourth-order valence-electron chi connectivity index (χ4n) is 2.49. The quantitative estimate of drug-likeness (QED) is 0.218. The summed E-state index contributed by atoms with van der Waals surface area (Å²) in [5.74, 6) is -3.98. The van der Waals surface area contributed by atoms with Gasteiger partial charge in [-0.25, -0.2) is 9.59 Å². The highest BCUT2D eigenvalue weighted by molar-refractivity contribution is 6.30. The number of ether oxygens (including phenoxy) is 1. The molecule has 5 heteroatoms. The van der Waals surface area contributed by atoms with Crippen LogP contribution in [0.4, 0.5) is 0 Å². The Labute approximate surface area is 139 Å². The molecule has 0 aliphatic rings. The van der Waals surface area contributed by atoms with E-state index >= 15 is 0 Å². The summed E-state index contributed by atoms with van der Waals surface area (Å²) in [6.45, 7) is 2.23. The van der Waals surface area contributed by atoms with E-state index in [9.17, 15) is 14.4 Å². The summed E-state index contributed by atoms with van der Waals surface area (Å²) >= 11 is 0. The van der Waals surface area contributed by atoms with Gasteiger partial charge in [0.25, 0.3) is 0 Å². The number of hydrogen-bond acceptors (Lipinski definition) is 4. The van der Waals surface area contributed by atoms with Crippen molar-refractivity contribution in [3.05, 3.63) is 0 Å². The molecule has 0 atom stereocenters. The minimum absolute atomic E-state index is 0.108. The van der Waals surface area contributed by atoms with E-state index in [4.69, 9.17) is 5.11 Å². The van der Waals surface area contributed by atoms with Crippen molar-refractivity contribution in [3.63, 3.8) is 0 Å². The Morgan fingerprint density at radius 2 is 1.09 bits per heavy atom. The van der Waals surface area contributed by atoms with Crippen molar-refractivity contribution in [2.75, 3.05) is 0 Å². The summed E-state index contributed by atoms with van der Waals surface area (Å²) < 4.78 is 4.14. The van der Waals surface area contributed by atoms with Crippen LogP contribution in [0.5, 0.6) is 0 Å². The highest BCUT2D eigenvalue weighted by Gasteiger charge is 2.17. The molecule has 0 radical (unpaired) electrons. The monoisotopic (exact) mass is 328 g/mol. The third-order valence-electron chi connectivity index (χ3n) is 3.87. The van der Waals surface area contributed by atoms with E-state index in [0.29, 0.717) is 6.42 Å². The molecule has 23 heavy (non-hydrogen) atoms. The highest BCUT2D eigenvalue weighted by Crippen LogP contribution is 2.13. The molecule has 0 aliphatic heterocycles. The molecule has 0 spiro atoms. The molecule has 1 N–H and O–H groups in total. The maximum Gasteiger partial charge on any atom is 0.424 e. The van der Waals surface area contributed by atoms with E-state index in [2.05, 4.69) is 11.7 Å². The van der Waals surface area contributed by atoms with Gasteiger partial charge in [-0.15, -0.1) is 0 Å². The summed E-state index contributed by atoms with van der Waals surface area (Å²) in [6, 6.07) is 0. The molecule has 0 saturated heterocycles. The maximum atomic E-state index is 11.2. The molecule has 0 fully saturated rings. The van der Waals surface area contributed by atoms with Crippen molar-refractivity contribution in [1.82, 2.24) is 0 Å². The lowest BCUT2D eigenvalue weighted by molar-refractivity contribution is -0.170. The van der Waals surface area contributed by atoms with Gasteiger partial charge in [0.05, 0.1) is 0 Å². The number of aliphatic carboxylic acids is 1. The molecule has 0 aromatic heterocycles. The number of carboxylic acids is 1. The number of carbonyl (C=O) groups excluding carboxylic acids is 2. The average molecular weight is 328 g/mol. The SMILES string of the molecule is CCCCCCCCCCCCCCCC(=O)OC(=O)C(=O)O. The van der Waals surface area contributed by atoms with Crippen molar-refractivity contribution < 1.29 is 24.2 Å². The van der Waals surface area contributed by atoms with Crippen molar-refractivity contribution in [2.24, 2.45) is 0 Å². The number of hydrogen-bond donors (Lipinski definition) is 1. The van der Waals surface area contributed by atoms with Crippen LogP contribution in [0.15, 0.2) is 0 Å². The fraction of sp³-hybridized carbons (Fsp3) is 0.833. The van der Waals surface area contributed by atoms with Crippen LogP contribution < -0.4 is 0 Å². The van der Waals surface area contributed by atoms with Crippen LogP contribution >= 0.6 is 0 Å². The average Bonchev–Trinajstić information content (AvgIpc) is 2.51. The number of carboxylic acid groups (broad SMARTS) is 1. The molecule has 0 aromatic rings. The first-order chi connectivity index (χ1) is 11.1. The van der Waals surface area contributed by atoms with Gasteiger partial charge in [-0.1, -0.05) is 84.0 Å². The number of unbranched alkanes of at least 4 members (excludes halogenated alkanes) is 12. The predicted molar refractivity (Wildman–Crippen MR) is 89.0 cm³/mol. The second kappa shape index (κ2) is 15.5. The van der Waals surface area contributed by atoms with Crippen molar-refractivity contribution in [2.45, 2.75) is 96.8 Å². The summed E-state index contributed by atoms with van der Waals surface area (Å²) in [4.78, 5) is 32.0. The maximum absolute atomic E-state index is 11.2. The second-order valence-electron chi connectivity index (χ2n) is 6.06. The third kappa shape index (κ3) is 15.3. The highest BCUT2D eigenvalue weighted by atomic mass is 16.6. The van der Waals surface area contributed by atoms with Gasteiger partial charge in [-0.05, 0) is 6.42 Å². The first kappa shape index (κ1) is 21.6. The lowest BCUT2D eigenvalue weighted by atomic mass is 10.0. The smallest absolute Gasteiger partial charge is 0.424 e. The van der Waals surface area contributed by atoms with Crippen LogP contribution in [0, 0.1) is 0 Å². The topological polar surface area (TPSA) is 80.7 Å². The zero-order valence-electron chi connectivity index (χ0n) is 14.5. The lowest BCUT2D eigenvalue weighted by Crippen LogP contribution is -2.20. The van der Waals surface area contributed by atoms with E-state index in [1.54, 1.807) is 0 Å². The van der Waals surface area contributed by atoms with E-state index in [-0.39, 0.29) is 6.42 Å². The molecular weight excluding hydrogens is 296 g/mol. The summed E-state index contributed by atoms with van der Waals surface area (Å²) in [5.41, 5.74) is 0. The van der Waals surface area contributed by atoms with Gasteiger partial charge in [-0.3, -0.25) is 4.79 Å². The zero-order chi connectivity index (χ0) is 17.3. The molecule has 0 aliphatic carbocycles.